The van der Waals surface area contributed by atoms with Crippen molar-refractivity contribution in [1.29, 1.82) is 0 Å². The normalized spacial score (nSPS) is 29.6. The lowest BCUT2D eigenvalue weighted by atomic mass is 9.96. The monoisotopic (exact) mass is 1060 g/mol. The van der Waals surface area contributed by atoms with Crippen molar-refractivity contribution in [2.24, 2.45) is 0 Å². The standard InChI is InChI=1S/C58H86O14Si2/c1-36(2)73(37(3)4,38(5)6)65-34-47-49(59)46(29-30-61-47)68-57-55(53-51(71-58(60)72-53)48(69-57)35-66-74(39(7)8,40(9)10)41(11)12)70-56-54(64-33-45-27-21-16-22-28-45)52(63-32-44-25-19-15-20-26-44)50(42(13)67-56)62-31-43-23-17-14-18-24-43/h14-30,36-42,46-57,59H,31-35H2,1-13H3/t42?,46-,47?,48?,49-,50-,51+,52+,53+,54?,55?,56+,57-/m1/s1. The number of hydrogen-bond donors (Lipinski definition) is 1. The molecule has 14 nitrogen and oxygen atoms in total. The fraction of sp³-hybridized carbons (Fsp3) is 0.638. The van der Waals surface area contributed by atoms with E-state index in [0.29, 0.717) is 23.2 Å². The van der Waals surface area contributed by atoms with Gasteiger partial charge in [-0.25, -0.2) is 4.79 Å². The largest absolute Gasteiger partial charge is 0.509 e. The summed E-state index contributed by atoms with van der Waals surface area (Å²) in [5, 5.41) is 12.2. The van der Waals surface area contributed by atoms with E-state index in [2.05, 4.69) is 83.1 Å². The molecule has 4 aliphatic rings. The molecule has 0 saturated carbocycles. The Bertz CT molecular complexity index is 2140. The Labute approximate surface area is 443 Å². The van der Waals surface area contributed by atoms with Crippen LogP contribution in [0.5, 0.6) is 0 Å². The summed E-state index contributed by atoms with van der Waals surface area (Å²) >= 11 is 0. The molecular formula is C58H86O14Si2. The molecular weight excluding hydrogens is 977 g/mol. The van der Waals surface area contributed by atoms with E-state index in [1.807, 2.05) is 97.9 Å². The molecule has 0 aromatic heterocycles. The van der Waals surface area contributed by atoms with E-state index >= 15 is 0 Å². The first kappa shape index (κ1) is 58.2. The van der Waals surface area contributed by atoms with E-state index in [-0.39, 0.29) is 43.1 Å². The van der Waals surface area contributed by atoms with E-state index in [0.717, 1.165) is 16.7 Å². The summed E-state index contributed by atoms with van der Waals surface area (Å²) in [6, 6.07) is 29.7. The summed E-state index contributed by atoms with van der Waals surface area (Å²) in [5.74, 6) is 0. The first-order valence-electron chi connectivity index (χ1n) is 27.1. The van der Waals surface area contributed by atoms with Crippen molar-refractivity contribution in [2.75, 3.05) is 13.2 Å². The van der Waals surface area contributed by atoms with E-state index in [4.69, 9.17) is 56.2 Å². The predicted octanol–water partition coefficient (Wildman–Crippen LogP) is 11.5. The van der Waals surface area contributed by atoms with E-state index in [1.165, 1.54) is 0 Å². The van der Waals surface area contributed by atoms with Gasteiger partial charge in [0.25, 0.3) is 0 Å². The van der Waals surface area contributed by atoms with Gasteiger partial charge in [0.05, 0.1) is 45.4 Å². The maximum absolute atomic E-state index is 13.5. The summed E-state index contributed by atoms with van der Waals surface area (Å²) in [4.78, 5) is 13.5. The lowest BCUT2D eigenvalue weighted by molar-refractivity contribution is -0.371. The van der Waals surface area contributed by atoms with Gasteiger partial charge in [-0.2, -0.15) is 0 Å². The molecule has 410 valence electrons. The lowest BCUT2D eigenvalue weighted by Gasteiger charge is -2.49. The number of aliphatic hydroxyl groups is 1. The maximum Gasteiger partial charge on any atom is 0.509 e. The summed E-state index contributed by atoms with van der Waals surface area (Å²) in [6.07, 6.45) is -9.82. The third-order valence-corrected chi connectivity index (χ3v) is 28.0. The van der Waals surface area contributed by atoms with Crippen LogP contribution in [0.2, 0.25) is 33.2 Å². The van der Waals surface area contributed by atoms with Crippen LogP contribution in [-0.4, -0.2) is 121 Å². The molecule has 13 atom stereocenters. The average Bonchev–Trinajstić information content (AvgIpc) is 3.76. The molecule has 3 fully saturated rings. The zero-order chi connectivity index (χ0) is 53.3. The molecule has 5 unspecified atom stereocenters. The first-order chi connectivity index (χ1) is 35.4. The zero-order valence-corrected chi connectivity index (χ0v) is 48.1. The topological polar surface area (TPSA) is 148 Å². The minimum Gasteiger partial charge on any atom is -0.493 e. The quantitative estimate of drug-likeness (QED) is 0.0634. The first-order valence-corrected chi connectivity index (χ1v) is 31.4. The molecule has 0 amide bonds. The van der Waals surface area contributed by atoms with E-state index in [1.54, 1.807) is 12.3 Å². The van der Waals surface area contributed by atoms with E-state index in [9.17, 15) is 9.90 Å². The van der Waals surface area contributed by atoms with Gasteiger partial charge >= 0.3 is 6.16 Å². The van der Waals surface area contributed by atoms with Crippen LogP contribution < -0.4 is 0 Å². The Balaban J connectivity index is 1.24. The molecule has 16 heteroatoms. The molecule has 4 heterocycles. The highest BCUT2D eigenvalue weighted by molar-refractivity contribution is 6.78. The van der Waals surface area contributed by atoms with Crippen LogP contribution in [0, 0.1) is 0 Å². The van der Waals surface area contributed by atoms with Gasteiger partial charge in [0.2, 0.25) is 8.32 Å². The fourth-order valence-electron chi connectivity index (χ4n) is 12.4. The minimum absolute atomic E-state index is 0.107. The molecule has 0 spiro atoms. The molecule has 3 aromatic rings. The molecule has 7 rings (SSSR count). The number of benzene rings is 3. The molecule has 0 radical (unpaired) electrons. The van der Waals surface area contributed by atoms with E-state index < -0.39 is 103 Å². The van der Waals surface area contributed by atoms with Gasteiger partial charge in [0, 0.05) is 0 Å². The van der Waals surface area contributed by atoms with Crippen molar-refractivity contribution in [2.45, 2.75) is 223 Å². The van der Waals surface area contributed by atoms with Gasteiger partial charge in [0.15, 0.2) is 39.2 Å². The summed E-state index contributed by atoms with van der Waals surface area (Å²) in [6.45, 7) is 29.6. The number of hydrogen-bond acceptors (Lipinski definition) is 14. The van der Waals surface area contributed by atoms with Crippen LogP contribution in [0.15, 0.2) is 103 Å². The summed E-state index contributed by atoms with van der Waals surface area (Å²) in [5.41, 5.74) is 4.67. The molecule has 0 bridgehead atoms. The SMILES string of the molecule is CC1O[C@@H](OC2[C@H](O[C@@H]3C=COC(CO[Si](C(C)C)(C(C)C)C(C)C)[C@@H]3O)OC(CO[Si](C(C)C)(C(C)C)C(C)C)[C@@H]3OC(=O)O[C@H]23)C(OCc2ccccc2)[C@@H](OCc2ccccc2)[C@@H]1OCc1ccccc1. The van der Waals surface area contributed by atoms with Crippen molar-refractivity contribution in [3.8, 4) is 0 Å². The van der Waals surface area contributed by atoms with Crippen molar-refractivity contribution >= 4 is 22.8 Å². The number of rotatable bonds is 25. The second-order valence-corrected chi connectivity index (χ2v) is 33.3. The molecule has 3 saturated heterocycles. The van der Waals surface area contributed by atoms with Gasteiger partial charge in [0.1, 0.15) is 42.7 Å². The Kier molecular flexibility index (Phi) is 20.6. The van der Waals surface area contributed by atoms with Crippen LogP contribution in [0.4, 0.5) is 4.79 Å². The maximum atomic E-state index is 13.5. The Hall–Kier alpha value is -3.50. The van der Waals surface area contributed by atoms with Crippen molar-refractivity contribution < 1.29 is 66.1 Å². The second kappa shape index (κ2) is 26.2. The van der Waals surface area contributed by atoms with Gasteiger partial charge in [-0.15, -0.1) is 0 Å². The fourth-order valence-corrected chi connectivity index (χ4v) is 23.3. The van der Waals surface area contributed by atoms with Gasteiger partial charge in [-0.3, -0.25) is 0 Å². The minimum atomic E-state index is -2.46. The molecule has 74 heavy (non-hydrogen) atoms. The molecule has 4 aliphatic heterocycles. The highest BCUT2D eigenvalue weighted by Gasteiger charge is 2.60. The highest BCUT2D eigenvalue weighted by Crippen LogP contribution is 2.45. The zero-order valence-electron chi connectivity index (χ0n) is 46.1. The Morgan fingerprint density at radius 1 is 0.514 bits per heavy atom. The predicted molar refractivity (Wildman–Crippen MR) is 287 cm³/mol. The van der Waals surface area contributed by atoms with Crippen LogP contribution in [0.25, 0.3) is 0 Å². The van der Waals surface area contributed by atoms with Gasteiger partial charge in [-0.05, 0) is 62.9 Å². The molecule has 1 N–H and O–H groups in total. The second-order valence-electron chi connectivity index (χ2n) is 22.4. The number of carbonyl (C=O) groups is 1. The smallest absolute Gasteiger partial charge is 0.493 e. The Morgan fingerprint density at radius 3 is 1.41 bits per heavy atom. The number of carbonyl (C=O) groups excluding carboxylic acids is 1. The third kappa shape index (κ3) is 13.2. The summed E-state index contributed by atoms with van der Waals surface area (Å²) in [7, 11) is -4.80. The van der Waals surface area contributed by atoms with Crippen LogP contribution >= 0.6 is 0 Å². The molecule has 3 aromatic carbocycles. The third-order valence-electron chi connectivity index (χ3n) is 15.9. The van der Waals surface area contributed by atoms with Crippen molar-refractivity contribution in [3.63, 3.8) is 0 Å². The number of aliphatic hydroxyl groups excluding tert-OH is 1. The number of fused-ring (bicyclic) bond motifs is 1. The van der Waals surface area contributed by atoms with Gasteiger partial charge < -0.3 is 61.3 Å². The lowest BCUT2D eigenvalue weighted by Crippen LogP contribution is -2.65. The van der Waals surface area contributed by atoms with Crippen molar-refractivity contribution in [1.82, 2.24) is 0 Å². The van der Waals surface area contributed by atoms with Crippen LogP contribution in [0.1, 0.15) is 107 Å². The molecule has 0 aliphatic carbocycles. The van der Waals surface area contributed by atoms with Crippen LogP contribution in [0.3, 0.4) is 0 Å². The highest BCUT2D eigenvalue weighted by atomic mass is 28.4. The van der Waals surface area contributed by atoms with Gasteiger partial charge in [-0.1, -0.05) is 174 Å². The number of ether oxygens (including phenoxy) is 10. The Morgan fingerprint density at radius 2 is 0.932 bits per heavy atom. The summed E-state index contributed by atoms with van der Waals surface area (Å²) < 4.78 is 80.8. The van der Waals surface area contributed by atoms with Crippen LogP contribution in [-0.2, 0) is 76.0 Å². The van der Waals surface area contributed by atoms with Crippen molar-refractivity contribution in [3.05, 3.63) is 120 Å². The average molecular weight is 1060 g/mol.